The molecule has 0 N–H and O–H groups in total. The highest BCUT2D eigenvalue weighted by Gasteiger charge is 2.15. The fraction of sp³-hybridized carbons (Fsp3) is 0.750. The zero-order valence-electron chi connectivity index (χ0n) is 23.3. The fourth-order valence-corrected chi connectivity index (χ4v) is 5.20. The number of carbonyl (C=O) groups is 2. The zero-order valence-corrected chi connectivity index (χ0v) is 23.3. The summed E-state index contributed by atoms with van der Waals surface area (Å²) in [7, 11) is 0. The van der Waals surface area contributed by atoms with Crippen LogP contribution in [0.5, 0.6) is 0 Å². The van der Waals surface area contributed by atoms with Gasteiger partial charge in [0.15, 0.2) is 0 Å². The highest BCUT2D eigenvalue weighted by atomic mass is 16.4. The molecule has 1 aromatic carbocycles. The van der Waals surface area contributed by atoms with Crippen molar-refractivity contribution < 1.29 is 19.8 Å². The minimum atomic E-state index is -1.30. The Labute approximate surface area is 221 Å². The van der Waals surface area contributed by atoms with Gasteiger partial charge >= 0.3 is 0 Å². The molecule has 0 amide bonds. The fourth-order valence-electron chi connectivity index (χ4n) is 5.20. The highest BCUT2D eigenvalue weighted by molar-refractivity contribution is 5.96. The van der Waals surface area contributed by atoms with E-state index in [9.17, 15) is 19.8 Å². The minimum Gasteiger partial charge on any atom is -0.545 e. The van der Waals surface area contributed by atoms with Gasteiger partial charge in [-0.25, -0.2) is 0 Å². The third kappa shape index (κ3) is 14.0. The van der Waals surface area contributed by atoms with Crippen molar-refractivity contribution >= 4 is 11.9 Å². The number of aromatic carboxylic acids is 2. The van der Waals surface area contributed by atoms with Crippen molar-refractivity contribution in [1.29, 1.82) is 0 Å². The summed E-state index contributed by atoms with van der Waals surface area (Å²) in [5.74, 6) is -2.56. The Morgan fingerprint density at radius 1 is 0.528 bits per heavy atom. The average Bonchev–Trinajstić information content (AvgIpc) is 2.85. The van der Waals surface area contributed by atoms with Crippen LogP contribution < -0.4 is 10.2 Å². The van der Waals surface area contributed by atoms with Crippen LogP contribution in [-0.2, 0) is 12.8 Å². The summed E-state index contributed by atoms with van der Waals surface area (Å²) in [4.78, 5) is 23.8. The van der Waals surface area contributed by atoms with Crippen LogP contribution in [0.15, 0.2) is 12.1 Å². The van der Waals surface area contributed by atoms with Crippen molar-refractivity contribution in [3.63, 3.8) is 0 Å². The maximum absolute atomic E-state index is 12.1. The van der Waals surface area contributed by atoms with E-state index in [0.717, 1.165) is 38.5 Å². The van der Waals surface area contributed by atoms with Gasteiger partial charge in [-0.1, -0.05) is 142 Å². The number of carbonyl (C=O) groups excluding carboxylic acids is 2. The lowest BCUT2D eigenvalue weighted by Gasteiger charge is -2.20. The molecule has 0 spiro atoms. The first-order valence-electron chi connectivity index (χ1n) is 15.1. The van der Waals surface area contributed by atoms with E-state index in [1.165, 1.54) is 89.9 Å². The topological polar surface area (TPSA) is 80.3 Å². The molecule has 1 rings (SSSR count). The van der Waals surface area contributed by atoms with E-state index in [-0.39, 0.29) is 11.1 Å². The first-order valence-corrected chi connectivity index (χ1v) is 15.1. The third-order valence-electron chi connectivity index (χ3n) is 7.40. The molecule has 1 aromatic rings. The van der Waals surface area contributed by atoms with Gasteiger partial charge in [0.2, 0.25) is 0 Å². The Kier molecular flexibility index (Phi) is 19.0. The number of hydrogen-bond donors (Lipinski definition) is 0. The van der Waals surface area contributed by atoms with Crippen LogP contribution in [-0.4, -0.2) is 11.9 Å². The van der Waals surface area contributed by atoms with Crippen LogP contribution in [0.1, 0.15) is 174 Å². The van der Waals surface area contributed by atoms with Crippen LogP contribution in [0.25, 0.3) is 0 Å². The van der Waals surface area contributed by atoms with Gasteiger partial charge in [0.05, 0.1) is 11.9 Å². The molecule has 206 valence electrons. The molecule has 0 unspecified atom stereocenters. The lowest BCUT2D eigenvalue weighted by molar-refractivity contribution is -0.255. The SMILES string of the molecule is CCCCCCCCCCCCc1ccc(C(=O)[O-])c(CCCCCCCCCCCC)c1C(=O)[O-]. The number of rotatable bonds is 24. The van der Waals surface area contributed by atoms with Crippen LogP contribution >= 0.6 is 0 Å². The molecule has 0 radical (unpaired) electrons. The Morgan fingerprint density at radius 2 is 0.917 bits per heavy atom. The molecule has 0 saturated heterocycles. The van der Waals surface area contributed by atoms with Crippen molar-refractivity contribution in [3.05, 3.63) is 34.4 Å². The number of carboxylic acid groups (broad SMARTS) is 2. The van der Waals surface area contributed by atoms with Crippen molar-refractivity contribution in [2.24, 2.45) is 0 Å². The highest BCUT2D eigenvalue weighted by Crippen LogP contribution is 2.24. The molecule has 0 fully saturated rings. The predicted molar refractivity (Wildman–Crippen MR) is 146 cm³/mol. The Morgan fingerprint density at radius 3 is 1.31 bits per heavy atom. The molecule has 0 aliphatic rings. The van der Waals surface area contributed by atoms with E-state index >= 15 is 0 Å². The first-order chi connectivity index (χ1) is 17.5. The third-order valence-corrected chi connectivity index (χ3v) is 7.40. The van der Waals surface area contributed by atoms with Gasteiger partial charge in [-0.05, 0) is 36.8 Å². The second kappa shape index (κ2) is 21.3. The average molecular weight is 501 g/mol. The van der Waals surface area contributed by atoms with E-state index in [2.05, 4.69) is 13.8 Å². The maximum Gasteiger partial charge on any atom is 0.0721 e. The van der Waals surface area contributed by atoms with Crippen LogP contribution in [0.3, 0.4) is 0 Å². The lowest BCUT2D eigenvalue weighted by atomic mass is 9.89. The normalized spacial score (nSPS) is 11.2. The summed E-state index contributed by atoms with van der Waals surface area (Å²) in [6, 6.07) is 3.20. The van der Waals surface area contributed by atoms with Gasteiger partial charge in [-0.15, -0.1) is 0 Å². The molecule has 0 aliphatic heterocycles. The van der Waals surface area contributed by atoms with Crippen molar-refractivity contribution in [2.75, 3.05) is 0 Å². The zero-order chi connectivity index (χ0) is 26.4. The quantitative estimate of drug-likeness (QED) is 0.139. The van der Waals surface area contributed by atoms with Gasteiger partial charge in [-0.3, -0.25) is 0 Å². The van der Waals surface area contributed by atoms with E-state index in [0.29, 0.717) is 24.0 Å². The Bertz CT molecular complexity index is 725. The van der Waals surface area contributed by atoms with Gasteiger partial charge in [-0.2, -0.15) is 0 Å². The summed E-state index contributed by atoms with van der Waals surface area (Å²) < 4.78 is 0. The van der Waals surface area contributed by atoms with E-state index < -0.39 is 11.9 Å². The van der Waals surface area contributed by atoms with E-state index in [1.807, 2.05) is 0 Å². The molecule has 4 nitrogen and oxygen atoms in total. The molecule has 0 bridgehead atoms. The van der Waals surface area contributed by atoms with Gasteiger partial charge in [0, 0.05) is 11.1 Å². The molecule has 0 saturated carbocycles. The predicted octanol–water partition coefficient (Wildman–Crippen LogP) is 7.34. The molecular weight excluding hydrogens is 448 g/mol. The summed E-state index contributed by atoms with van der Waals surface area (Å²) in [5.41, 5.74) is 1.22. The smallest absolute Gasteiger partial charge is 0.0721 e. The van der Waals surface area contributed by atoms with E-state index in [1.54, 1.807) is 12.1 Å². The van der Waals surface area contributed by atoms with Crippen molar-refractivity contribution in [2.45, 2.75) is 155 Å². The van der Waals surface area contributed by atoms with Gasteiger partial charge in [0.25, 0.3) is 0 Å². The maximum atomic E-state index is 12.1. The number of unbranched alkanes of at least 4 members (excludes halogenated alkanes) is 18. The van der Waals surface area contributed by atoms with Crippen LogP contribution in [0.4, 0.5) is 0 Å². The first kappa shape index (κ1) is 32.2. The second-order valence-corrected chi connectivity index (χ2v) is 10.6. The second-order valence-electron chi connectivity index (χ2n) is 10.6. The molecule has 0 atom stereocenters. The minimum absolute atomic E-state index is 0.0111. The molecule has 0 heterocycles. The van der Waals surface area contributed by atoms with Crippen LogP contribution in [0, 0.1) is 0 Å². The Balaban J connectivity index is 2.51. The molecule has 4 heteroatoms. The molecular formula is C32H52O4-2. The van der Waals surface area contributed by atoms with Crippen molar-refractivity contribution in [1.82, 2.24) is 0 Å². The lowest BCUT2D eigenvalue weighted by Crippen LogP contribution is -2.29. The monoisotopic (exact) mass is 500 g/mol. The summed E-state index contributed by atoms with van der Waals surface area (Å²) in [6.45, 7) is 4.46. The summed E-state index contributed by atoms with van der Waals surface area (Å²) >= 11 is 0. The number of benzene rings is 1. The standard InChI is InChI=1S/C32H54O4/c1-3-5-7-9-11-13-15-17-19-21-23-27-25-26-29(31(33)34)28(30(27)32(35)36)24-22-20-18-16-14-12-10-8-6-4-2/h25-26H,3-24H2,1-2H3,(H,33,34)(H,35,36)/p-2. The molecule has 36 heavy (non-hydrogen) atoms. The Hall–Kier alpha value is -1.84. The number of hydrogen-bond acceptors (Lipinski definition) is 4. The summed E-state index contributed by atoms with van der Waals surface area (Å²) in [5, 5.41) is 23.8. The van der Waals surface area contributed by atoms with Gasteiger partial charge < -0.3 is 19.8 Å². The number of carboxylic acids is 2. The number of aryl methyl sites for hydroxylation is 1. The van der Waals surface area contributed by atoms with Gasteiger partial charge in [0.1, 0.15) is 0 Å². The van der Waals surface area contributed by atoms with E-state index in [4.69, 9.17) is 0 Å². The largest absolute Gasteiger partial charge is 0.545 e. The molecule has 0 aliphatic carbocycles. The summed E-state index contributed by atoms with van der Waals surface area (Å²) in [6.07, 6.45) is 25.1. The van der Waals surface area contributed by atoms with Crippen LogP contribution in [0.2, 0.25) is 0 Å². The molecule has 0 aromatic heterocycles. The van der Waals surface area contributed by atoms with Crippen molar-refractivity contribution in [3.8, 4) is 0 Å².